The van der Waals surface area contributed by atoms with Crippen LogP contribution in [0.25, 0.3) is 64.6 Å². The molecule has 0 spiro atoms. The maximum absolute atomic E-state index is 2.31. The smallest absolute Gasteiger partial charge is 0.00987 e. The third-order valence-electron chi connectivity index (χ3n) is 6.64. The van der Waals surface area contributed by atoms with Gasteiger partial charge < -0.3 is 0 Å². The molecule has 0 aliphatic rings. The van der Waals surface area contributed by atoms with Crippen LogP contribution in [0.1, 0.15) is 0 Å². The molecule has 0 aliphatic carbocycles. The van der Waals surface area contributed by atoms with Gasteiger partial charge in [-0.25, -0.2) is 0 Å². The zero-order chi connectivity index (χ0) is 19.7. The summed E-state index contributed by atoms with van der Waals surface area (Å²) in [6, 6.07) is 40.2. The van der Waals surface area contributed by atoms with E-state index in [1.54, 1.807) is 0 Å². The van der Waals surface area contributed by atoms with E-state index in [1.165, 1.54) is 64.6 Å². The van der Waals surface area contributed by atoms with E-state index in [4.69, 9.17) is 0 Å². The van der Waals surface area contributed by atoms with E-state index in [2.05, 4.69) is 109 Å². The lowest BCUT2D eigenvalue weighted by atomic mass is 9.91. The van der Waals surface area contributed by atoms with E-state index in [9.17, 15) is 0 Å². The fourth-order valence-corrected chi connectivity index (χ4v) is 5.22. The third kappa shape index (κ3) is 2.06. The first-order valence-electron chi connectivity index (χ1n) is 10.5. The highest BCUT2D eigenvalue weighted by atomic mass is 14.1. The van der Waals surface area contributed by atoms with Crippen molar-refractivity contribution < 1.29 is 0 Å². The number of hydrogen-bond donors (Lipinski definition) is 0. The fourth-order valence-electron chi connectivity index (χ4n) is 5.22. The first kappa shape index (κ1) is 16.0. The Morgan fingerprint density at radius 1 is 0.200 bits per heavy atom. The molecule has 0 amide bonds. The molecule has 0 N–H and O–H groups in total. The number of benzene rings is 7. The first-order valence-corrected chi connectivity index (χ1v) is 10.5. The molecular formula is C30H18. The van der Waals surface area contributed by atoms with E-state index < -0.39 is 0 Å². The lowest BCUT2D eigenvalue weighted by Crippen LogP contribution is -1.85. The zero-order valence-corrected chi connectivity index (χ0v) is 16.4. The molecule has 0 atom stereocenters. The van der Waals surface area contributed by atoms with Gasteiger partial charge in [0, 0.05) is 0 Å². The van der Waals surface area contributed by atoms with Crippen LogP contribution in [0.4, 0.5) is 0 Å². The summed E-state index contributed by atoms with van der Waals surface area (Å²) in [5, 5.41) is 15.8. The van der Waals surface area contributed by atoms with Crippen LogP contribution in [-0.4, -0.2) is 0 Å². The second kappa shape index (κ2) is 5.81. The van der Waals surface area contributed by atoms with Crippen LogP contribution in [0.5, 0.6) is 0 Å². The van der Waals surface area contributed by atoms with Crippen molar-refractivity contribution in [2.24, 2.45) is 0 Å². The fraction of sp³-hybridized carbons (Fsp3) is 0. The number of rotatable bonds is 0. The van der Waals surface area contributed by atoms with Crippen molar-refractivity contribution in [1.29, 1.82) is 0 Å². The highest BCUT2D eigenvalue weighted by Gasteiger charge is 2.10. The molecule has 0 aliphatic heterocycles. The summed E-state index contributed by atoms with van der Waals surface area (Å²) in [6.07, 6.45) is 0. The van der Waals surface area contributed by atoms with Gasteiger partial charge in [-0.2, -0.15) is 0 Å². The van der Waals surface area contributed by atoms with Gasteiger partial charge in [-0.15, -0.1) is 0 Å². The first-order chi connectivity index (χ1) is 14.9. The van der Waals surface area contributed by atoms with E-state index in [1.807, 2.05) is 0 Å². The quantitative estimate of drug-likeness (QED) is 0.232. The van der Waals surface area contributed by atoms with Gasteiger partial charge in [0.1, 0.15) is 0 Å². The average molecular weight is 378 g/mol. The molecule has 0 fully saturated rings. The zero-order valence-electron chi connectivity index (χ0n) is 16.4. The Balaban J connectivity index is 1.63. The molecule has 0 nitrogen and oxygen atoms in total. The lowest BCUT2D eigenvalue weighted by molar-refractivity contribution is 1.78. The highest BCUT2D eigenvalue weighted by molar-refractivity contribution is 6.26. The van der Waals surface area contributed by atoms with Crippen molar-refractivity contribution in [2.75, 3.05) is 0 Å². The van der Waals surface area contributed by atoms with Crippen LogP contribution < -0.4 is 0 Å². The lowest BCUT2D eigenvalue weighted by Gasteiger charge is -2.12. The number of hydrogen-bond acceptors (Lipinski definition) is 0. The topological polar surface area (TPSA) is 0 Å². The molecule has 0 saturated carbocycles. The molecule has 7 aromatic carbocycles. The third-order valence-corrected chi connectivity index (χ3v) is 6.64. The normalized spacial score (nSPS) is 12.0. The summed E-state index contributed by atoms with van der Waals surface area (Å²) >= 11 is 0. The second-order valence-corrected chi connectivity index (χ2v) is 8.15. The highest BCUT2D eigenvalue weighted by Crippen LogP contribution is 2.38. The van der Waals surface area contributed by atoms with Crippen molar-refractivity contribution in [2.45, 2.75) is 0 Å². The van der Waals surface area contributed by atoms with Gasteiger partial charge in [-0.3, -0.25) is 0 Å². The van der Waals surface area contributed by atoms with Crippen molar-refractivity contribution in [3.05, 3.63) is 109 Å². The summed E-state index contributed by atoms with van der Waals surface area (Å²) in [7, 11) is 0. The summed E-state index contributed by atoms with van der Waals surface area (Å²) in [6.45, 7) is 0. The van der Waals surface area contributed by atoms with Gasteiger partial charge >= 0.3 is 0 Å². The van der Waals surface area contributed by atoms with Gasteiger partial charge in [0.05, 0.1) is 0 Å². The van der Waals surface area contributed by atoms with Crippen LogP contribution in [0.2, 0.25) is 0 Å². The predicted molar refractivity (Wildman–Crippen MR) is 131 cm³/mol. The SMILES string of the molecule is c1ccc2c(c1)ccc1c2ccc2c1ccc1c3ccc4ccccc4c3ccc12. The molecule has 0 radical (unpaired) electrons. The van der Waals surface area contributed by atoms with Crippen LogP contribution in [0.15, 0.2) is 109 Å². The molecule has 30 heavy (non-hydrogen) atoms. The van der Waals surface area contributed by atoms with Gasteiger partial charge in [-0.1, -0.05) is 109 Å². The van der Waals surface area contributed by atoms with Crippen molar-refractivity contribution in [1.82, 2.24) is 0 Å². The molecule has 0 bridgehead atoms. The number of fused-ring (bicyclic) bond motifs is 11. The predicted octanol–water partition coefficient (Wildman–Crippen LogP) is 8.61. The Labute approximate surface area is 174 Å². The molecule has 0 unspecified atom stereocenters. The van der Waals surface area contributed by atoms with Gasteiger partial charge in [-0.05, 0) is 64.6 Å². The Bertz CT molecular complexity index is 1650. The van der Waals surface area contributed by atoms with Crippen molar-refractivity contribution in [3.8, 4) is 0 Å². The van der Waals surface area contributed by atoms with Crippen LogP contribution >= 0.6 is 0 Å². The summed E-state index contributed by atoms with van der Waals surface area (Å²) in [5.41, 5.74) is 0. The minimum absolute atomic E-state index is 1.29. The minimum Gasteiger partial charge on any atom is -0.0616 e. The minimum atomic E-state index is 1.29. The van der Waals surface area contributed by atoms with Gasteiger partial charge in [0.15, 0.2) is 0 Å². The maximum atomic E-state index is 2.31. The van der Waals surface area contributed by atoms with Crippen LogP contribution in [0.3, 0.4) is 0 Å². The summed E-state index contributed by atoms with van der Waals surface area (Å²) < 4.78 is 0. The Morgan fingerprint density at radius 3 is 0.833 bits per heavy atom. The summed E-state index contributed by atoms with van der Waals surface area (Å²) in [4.78, 5) is 0. The molecular weight excluding hydrogens is 360 g/mol. The average Bonchev–Trinajstić information content (AvgIpc) is 2.82. The Kier molecular flexibility index (Phi) is 3.09. The van der Waals surface area contributed by atoms with E-state index >= 15 is 0 Å². The van der Waals surface area contributed by atoms with Crippen LogP contribution in [-0.2, 0) is 0 Å². The second-order valence-electron chi connectivity index (χ2n) is 8.15. The molecule has 0 aromatic heterocycles. The Morgan fingerprint density at radius 2 is 0.467 bits per heavy atom. The van der Waals surface area contributed by atoms with Gasteiger partial charge in [0.25, 0.3) is 0 Å². The maximum Gasteiger partial charge on any atom is -0.00987 e. The molecule has 7 rings (SSSR count). The molecule has 0 saturated heterocycles. The van der Waals surface area contributed by atoms with Crippen LogP contribution in [0, 0.1) is 0 Å². The molecule has 0 heteroatoms. The molecule has 0 heterocycles. The van der Waals surface area contributed by atoms with Gasteiger partial charge in [0.2, 0.25) is 0 Å². The largest absolute Gasteiger partial charge is 0.0616 e. The van der Waals surface area contributed by atoms with E-state index in [0.29, 0.717) is 0 Å². The standard InChI is InChI=1S/C30H18/c1-3-7-21-19(5-1)9-11-25-23(21)13-15-29-27(25)17-18-28-26-12-10-20-6-2-4-8-22(20)24(26)14-16-30(28)29/h1-18H. The van der Waals surface area contributed by atoms with E-state index in [-0.39, 0.29) is 0 Å². The monoisotopic (exact) mass is 378 g/mol. The van der Waals surface area contributed by atoms with Crippen molar-refractivity contribution >= 4 is 64.6 Å². The Hall–Kier alpha value is -3.90. The van der Waals surface area contributed by atoms with Crippen molar-refractivity contribution in [3.63, 3.8) is 0 Å². The molecule has 138 valence electrons. The molecule has 7 aromatic rings. The summed E-state index contributed by atoms with van der Waals surface area (Å²) in [5.74, 6) is 0. The van der Waals surface area contributed by atoms with E-state index in [0.717, 1.165) is 0 Å².